The van der Waals surface area contributed by atoms with Gasteiger partial charge in [0.25, 0.3) is 5.91 Å². The lowest BCUT2D eigenvalue weighted by Gasteiger charge is -2.34. The summed E-state index contributed by atoms with van der Waals surface area (Å²) in [6.07, 6.45) is 0.0562. The first kappa shape index (κ1) is 13.7. The van der Waals surface area contributed by atoms with E-state index < -0.39 is 35.7 Å². The number of fused-ring (bicyclic) bond motifs is 2. The Kier molecular flexibility index (Phi) is 2.52. The molecule has 0 radical (unpaired) electrons. The van der Waals surface area contributed by atoms with Crippen LogP contribution in [0.2, 0.25) is 0 Å². The van der Waals surface area contributed by atoms with Gasteiger partial charge in [0, 0.05) is 17.5 Å². The Morgan fingerprint density at radius 1 is 1.41 bits per heavy atom. The summed E-state index contributed by atoms with van der Waals surface area (Å²) in [6.45, 7) is -0.392. The molecule has 1 heterocycles. The Hall–Kier alpha value is -1.98. The van der Waals surface area contributed by atoms with Gasteiger partial charge < -0.3 is 10.0 Å². The average molecular weight is 307 g/mol. The summed E-state index contributed by atoms with van der Waals surface area (Å²) in [7, 11) is 0. The Balaban J connectivity index is 1.79. The van der Waals surface area contributed by atoms with Crippen molar-refractivity contribution >= 4 is 11.9 Å². The van der Waals surface area contributed by atoms with E-state index in [0.29, 0.717) is 29.5 Å². The lowest BCUT2D eigenvalue weighted by molar-refractivity contribution is -0.137. The van der Waals surface area contributed by atoms with E-state index in [1.54, 1.807) is 12.1 Å². The van der Waals surface area contributed by atoms with Gasteiger partial charge in [-0.05, 0) is 36.5 Å². The molecule has 3 aliphatic rings. The standard InChI is InChI=1S/C16H15F2NO3/c17-12-6-15(12)8-19(7-13(20)21)14(22)10-2-1-9(5-11(10)15)16(18)3-4-16/h1-2,5,12H,3-4,6-8H2,(H,20,21)/t12-,15-/m1/s1. The zero-order valence-corrected chi connectivity index (χ0v) is 11.8. The number of rotatable bonds is 3. The number of hydrogen-bond acceptors (Lipinski definition) is 2. The molecule has 4 nitrogen and oxygen atoms in total. The van der Waals surface area contributed by atoms with E-state index in [4.69, 9.17) is 5.11 Å². The van der Waals surface area contributed by atoms with Crippen LogP contribution >= 0.6 is 0 Å². The van der Waals surface area contributed by atoms with E-state index in [2.05, 4.69) is 0 Å². The van der Waals surface area contributed by atoms with Crippen LogP contribution in [0.4, 0.5) is 8.78 Å². The number of carbonyl (C=O) groups is 2. The van der Waals surface area contributed by atoms with Crippen LogP contribution < -0.4 is 0 Å². The van der Waals surface area contributed by atoms with Crippen LogP contribution in [0, 0.1) is 0 Å². The maximum absolute atomic E-state index is 14.3. The number of carboxylic acid groups (broad SMARTS) is 1. The van der Waals surface area contributed by atoms with E-state index in [-0.39, 0.29) is 13.0 Å². The lowest BCUT2D eigenvalue weighted by Crippen LogP contribution is -2.46. The molecule has 2 atom stereocenters. The first-order valence-corrected chi connectivity index (χ1v) is 7.35. The van der Waals surface area contributed by atoms with E-state index in [9.17, 15) is 18.4 Å². The second kappa shape index (κ2) is 4.06. The number of amides is 1. The molecule has 0 aromatic heterocycles. The Labute approximate surface area is 125 Å². The van der Waals surface area contributed by atoms with Crippen molar-refractivity contribution in [1.82, 2.24) is 4.90 Å². The number of aliphatic carboxylic acids is 1. The minimum atomic E-state index is -1.34. The fourth-order valence-electron chi connectivity index (χ4n) is 3.48. The molecule has 1 amide bonds. The second-order valence-electron chi connectivity index (χ2n) is 6.61. The summed E-state index contributed by atoms with van der Waals surface area (Å²) in [5, 5.41) is 8.91. The zero-order valence-electron chi connectivity index (χ0n) is 11.8. The highest BCUT2D eigenvalue weighted by Gasteiger charge is 2.61. The zero-order chi connectivity index (χ0) is 15.7. The molecule has 22 heavy (non-hydrogen) atoms. The van der Waals surface area contributed by atoms with E-state index >= 15 is 0 Å². The van der Waals surface area contributed by atoms with Gasteiger partial charge in [-0.15, -0.1) is 0 Å². The SMILES string of the molecule is O=C(O)CN1C[C@]2(C[C@H]2F)c2cc(C3(F)CC3)ccc2C1=O. The predicted octanol–water partition coefficient (Wildman–Crippen LogP) is 2.17. The predicted molar refractivity (Wildman–Crippen MR) is 73.2 cm³/mol. The molecule has 1 N–H and O–H groups in total. The molecule has 0 bridgehead atoms. The van der Waals surface area contributed by atoms with Crippen molar-refractivity contribution in [3.63, 3.8) is 0 Å². The number of nitrogens with zero attached hydrogens (tertiary/aromatic N) is 1. The largest absolute Gasteiger partial charge is 0.480 e. The summed E-state index contributed by atoms with van der Waals surface area (Å²) in [6, 6.07) is 4.71. The van der Waals surface area contributed by atoms with Crippen molar-refractivity contribution in [2.24, 2.45) is 0 Å². The maximum Gasteiger partial charge on any atom is 0.323 e. The third-order valence-electron chi connectivity index (χ3n) is 5.06. The highest BCUT2D eigenvalue weighted by molar-refractivity contribution is 5.99. The number of alkyl halides is 2. The molecular weight excluding hydrogens is 292 g/mol. The molecular formula is C16H15F2NO3. The van der Waals surface area contributed by atoms with Crippen LogP contribution in [0.3, 0.4) is 0 Å². The van der Waals surface area contributed by atoms with Crippen molar-refractivity contribution < 1.29 is 23.5 Å². The number of carboxylic acids is 1. The van der Waals surface area contributed by atoms with E-state index in [1.807, 2.05) is 0 Å². The summed E-state index contributed by atoms with van der Waals surface area (Å²) >= 11 is 0. The van der Waals surface area contributed by atoms with Crippen molar-refractivity contribution in [2.75, 3.05) is 13.1 Å². The van der Waals surface area contributed by atoms with Gasteiger partial charge >= 0.3 is 5.97 Å². The summed E-state index contributed by atoms with van der Waals surface area (Å²) in [5.41, 5.74) is -0.823. The van der Waals surface area contributed by atoms with Gasteiger partial charge in [-0.3, -0.25) is 9.59 Å². The molecule has 1 aliphatic heterocycles. The average Bonchev–Trinajstić information content (AvgIpc) is 3.35. The first-order chi connectivity index (χ1) is 10.4. The van der Waals surface area contributed by atoms with Crippen LogP contribution in [0.15, 0.2) is 18.2 Å². The fourth-order valence-corrected chi connectivity index (χ4v) is 3.48. The number of carbonyl (C=O) groups excluding carboxylic acids is 1. The van der Waals surface area contributed by atoms with Gasteiger partial charge in [0.05, 0.1) is 0 Å². The van der Waals surface area contributed by atoms with Gasteiger partial charge in [0.2, 0.25) is 0 Å². The molecule has 1 aromatic carbocycles. The molecule has 2 aliphatic carbocycles. The quantitative estimate of drug-likeness (QED) is 0.931. The normalized spacial score (nSPS) is 31.1. The smallest absolute Gasteiger partial charge is 0.323 e. The van der Waals surface area contributed by atoms with Gasteiger partial charge in [-0.1, -0.05) is 12.1 Å². The van der Waals surface area contributed by atoms with E-state index in [1.165, 1.54) is 11.0 Å². The van der Waals surface area contributed by atoms with Crippen molar-refractivity contribution in [3.05, 3.63) is 34.9 Å². The monoisotopic (exact) mass is 307 g/mol. The molecule has 0 saturated heterocycles. The Bertz CT molecular complexity index is 701. The van der Waals surface area contributed by atoms with Crippen LogP contribution in [0.25, 0.3) is 0 Å². The molecule has 0 unspecified atom stereocenters. The molecule has 4 rings (SSSR count). The Morgan fingerprint density at radius 3 is 2.64 bits per heavy atom. The van der Waals surface area contributed by atoms with Crippen LogP contribution in [-0.4, -0.2) is 41.1 Å². The van der Waals surface area contributed by atoms with Gasteiger partial charge in [-0.25, -0.2) is 8.78 Å². The van der Waals surface area contributed by atoms with Crippen molar-refractivity contribution in [1.29, 1.82) is 0 Å². The Morgan fingerprint density at radius 2 is 2.09 bits per heavy atom. The van der Waals surface area contributed by atoms with E-state index in [0.717, 1.165) is 0 Å². The highest BCUT2D eigenvalue weighted by Crippen LogP contribution is 2.56. The number of hydrogen-bond donors (Lipinski definition) is 1. The topological polar surface area (TPSA) is 57.6 Å². The molecule has 2 fully saturated rings. The highest BCUT2D eigenvalue weighted by atomic mass is 19.1. The minimum Gasteiger partial charge on any atom is -0.480 e. The molecule has 1 spiro atoms. The van der Waals surface area contributed by atoms with Gasteiger partial charge in [0.15, 0.2) is 0 Å². The minimum absolute atomic E-state index is 0.0506. The van der Waals surface area contributed by atoms with Gasteiger partial charge in [-0.2, -0.15) is 0 Å². The second-order valence-corrected chi connectivity index (χ2v) is 6.61. The first-order valence-electron chi connectivity index (χ1n) is 7.35. The molecule has 1 aromatic rings. The van der Waals surface area contributed by atoms with Crippen molar-refractivity contribution in [3.8, 4) is 0 Å². The maximum atomic E-state index is 14.3. The summed E-state index contributed by atoms with van der Waals surface area (Å²) in [4.78, 5) is 24.5. The lowest BCUT2D eigenvalue weighted by atomic mass is 9.84. The summed E-state index contributed by atoms with van der Waals surface area (Å²) in [5.74, 6) is -1.54. The summed E-state index contributed by atoms with van der Waals surface area (Å²) < 4.78 is 28.3. The fraction of sp³-hybridized carbons (Fsp3) is 0.500. The van der Waals surface area contributed by atoms with Crippen LogP contribution in [0.1, 0.15) is 40.7 Å². The molecule has 116 valence electrons. The third kappa shape index (κ3) is 1.79. The van der Waals surface area contributed by atoms with Crippen molar-refractivity contribution in [2.45, 2.75) is 36.5 Å². The molecule has 2 saturated carbocycles. The third-order valence-corrected chi connectivity index (χ3v) is 5.06. The van der Waals surface area contributed by atoms with Crippen LogP contribution in [0.5, 0.6) is 0 Å². The van der Waals surface area contributed by atoms with Gasteiger partial charge in [0.1, 0.15) is 18.4 Å². The molecule has 6 heteroatoms. The number of benzene rings is 1. The van der Waals surface area contributed by atoms with Crippen LogP contribution in [-0.2, 0) is 15.9 Å². The number of halogens is 2.